The first kappa shape index (κ1) is 23.6. The number of methoxy groups -OCH3 is 1. The van der Waals surface area contributed by atoms with Crippen LogP contribution >= 0.6 is 34.7 Å². The number of hydrogen-bond donors (Lipinski definition) is 1. The molecule has 2 heterocycles. The van der Waals surface area contributed by atoms with Crippen LogP contribution in [0, 0.1) is 0 Å². The predicted molar refractivity (Wildman–Crippen MR) is 129 cm³/mol. The van der Waals surface area contributed by atoms with E-state index in [2.05, 4.69) is 15.5 Å². The molecule has 1 amide bonds. The molecule has 1 aliphatic rings. The molecule has 0 radical (unpaired) electrons. The molecule has 1 N–H and O–H groups in total. The Morgan fingerprint density at radius 2 is 2.03 bits per heavy atom. The van der Waals surface area contributed by atoms with Crippen LogP contribution in [0.25, 0.3) is 0 Å². The molecule has 11 heteroatoms. The molecule has 0 saturated heterocycles. The van der Waals surface area contributed by atoms with Gasteiger partial charge in [0.05, 0.1) is 18.4 Å². The second kappa shape index (κ2) is 10.6. The zero-order chi connectivity index (χ0) is 23.4. The van der Waals surface area contributed by atoms with E-state index in [4.69, 9.17) is 21.1 Å². The lowest BCUT2D eigenvalue weighted by molar-refractivity contribution is -0.113. The molecule has 0 saturated carbocycles. The molecule has 174 valence electrons. The number of carbonyl (C=O) groups excluding carboxylic acids is 2. The number of aromatic nitrogens is 3. The normalized spacial score (nSPS) is 12.5. The quantitative estimate of drug-likeness (QED) is 0.334. The average molecular weight is 507 g/mol. The number of fused-ring (bicyclic) bond motifs is 1. The van der Waals surface area contributed by atoms with Gasteiger partial charge < -0.3 is 19.4 Å². The van der Waals surface area contributed by atoms with Crippen molar-refractivity contribution in [2.45, 2.75) is 44.5 Å². The van der Waals surface area contributed by atoms with Crippen LogP contribution in [-0.2, 0) is 35.5 Å². The van der Waals surface area contributed by atoms with Gasteiger partial charge in [0.2, 0.25) is 5.91 Å². The van der Waals surface area contributed by atoms with Crippen molar-refractivity contribution < 1.29 is 19.1 Å². The third-order valence-corrected chi connectivity index (χ3v) is 7.61. The van der Waals surface area contributed by atoms with Crippen molar-refractivity contribution in [2.75, 3.05) is 18.2 Å². The molecule has 0 spiro atoms. The summed E-state index contributed by atoms with van der Waals surface area (Å²) in [6, 6.07) is 7.10. The first-order valence-electron chi connectivity index (χ1n) is 10.5. The maximum absolute atomic E-state index is 12.7. The van der Waals surface area contributed by atoms with Crippen LogP contribution < -0.4 is 10.1 Å². The Hall–Kier alpha value is -2.56. The van der Waals surface area contributed by atoms with Gasteiger partial charge in [0.15, 0.2) is 11.0 Å². The monoisotopic (exact) mass is 506 g/mol. The number of amides is 1. The maximum Gasteiger partial charge on any atom is 0.341 e. The van der Waals surface area contributed by atoms with Crippen molar-refractivity contribution in [1.82, 2.24) is 14.8 Å². The summed E-state index contributed by atoms with van der Waals surface area (Å²) in [5.74, 6) is 0.864. The Morgan fingerprint density at radius 3 is 2.76 bits per heavy atom. The van der Waals surface area contributed by atoms with Gasteiger partial charge in [-0.3, -0.25) is 4.79 Å². The van der Waals surface area contributed by atoms with E-state index < -0.39 is 5.97 Å². The number of esters is 1. The fourth-order valence-corrected chi connectivity index (χ4v) is 5.87. The third kappa shape index (κ3) is 5.34. The van der Waals surface area contributed by atoms with E-state index in [-0.39, 0.29) is 18.3 Å². The second-order valence-electron chi connectivity index (χ2n) is 7.28. The van der Waals surface area contributed by atoms with Crippen molar-refractivity contribution in [3.8, 4) is 5.75 Å². The molecule has 1 aliphatic carbocycles. The zero-order valence-electron chi connectivity index (χ0n) is 18.2. The lowest BCUT2D eigenvalue weighted by Gasteiger charge is -2.09. The Morgan fingerprint density at radius 1 is 1.24 bits per heavy atom. The van der Waals surface area contributed by atoms with Crippen LogP contribution in [0.4, 0.5) is 5.00 Å². The summed E-state index contributed by atoms with van der Waals surface area (Å²) in [6.07, 6.45) is 2.78. The van der Waals surface area contributed by atoms with E-state index in [0.717, 1.165) is 29.7 Å². The van der Waals surface area contributed by atoms with Crippen molar-refractivity contribution in [2.24, 2.45) is 0 Å². The van der Waals surface area contributed by atoms with Crippen molar-refractivity contribution in [3.05, 3.63) is 51.1 Å². The summed E-state index contributed by atoms with van der Waals surface area (Å²) in [5, 5.41) is 13.1. The minimum atomic E-state index is -0.409. The lowest BCUT2D eigenvalue weighted by atomic mass is 10.1. The number of thioether (sulfide) groups is 1. The minimum absolute atomic E-state index is 0.138. The number of halogens is 1. The van der Waals surface area contributed by atoms with Crippen molar-refractivity contribution >= 4 is 51.6 Å². The van der Waals surface area contributed by atoms with Crippen LogP contribution in [0.1, 0.15) is 40.0 Å². The van der Waals surface area contributed by atoms with Gasteiger partial charge in [-0.25, -0.2) is 4.79 Å². The Bertz CT molecular complexity index is 1160. The number of thiophene rings is 1. The summed E-state index contributed by atoms with van der Waals surface area (Å²) in [7, 11) is 1.36. The molecule has 0 fully saturated rings. The molecule has 8 nitrogen and oxygen atoms in total. The number of aryl methyl sites for hydroxylation is 1. The van der Waals surface area contributed by atoms with Gasteiger partial charge in [-0.2, -0.15) is 0 Å². The number of carbonyl (C=O) groups is 2. The first-order chi connectivity index (χ1) is 16.0. The number of ether oxygens (including phenoxy) is 2. The number of hydrogen-bond acceptors (Lipinski definition) is 8. The molecule has 3 aromatic rings. The van der Waals surface area contributed by atoms with Gasteiger partial charge in [-0.1, -0.05) is 23.4 Å². The van der Waals surface area contributed by atoms with Gasteiger partial charge >= 0.3 is 5.97 Å². The number of rotatable bonds is 9. The largest absolute Gasteiger partial charge is 0.486 e. The first-order valence-corrected chi connectivity index (χ1v) is 12.6. The van der Waals surface area contributed by atoms with Gasteiger partial charge in [0, 0.05) is 16.4 Å². The van der Waals surface area contributed by atoms with Crippen molar-refractivity contribution in [3.63, 3.8) is 0 Å². The smallest absolute Gasteiger partial charge is 0.341 e. The molecular weight excluding hydrogens is 484 g/mol. The molecule has 0 bridgehead atoms. The Kier molecular flexibility index (Phi) is 7.56. The number of benzene rings is 1. The Labute approximate surface area is 204 Å². The molecule has 33 heavy (non-hydrogen) atoms. The SMILES string of the molecule is CCn1c(COc2ccc(Cl)cc2)nnc1SCC(=O)Nc1sc2c(c1C(=O)OC)CCC2. The average Bonchev–Trinajstić information content (AvgIpc) is 3.51. The number of nitrogens with zero attached hydrogens (tertiary/aromatic N) is 3. The molecule has 4 rings (SSSR count). The topological polar surface area (TPSA) is 95.3 Å². The van der Waals surface area contributed by atoms with Crippen molar-refractivity contribution in [1.29, 1.82) is 0 Å². The minimum Gasteiger partial charge on any atom is -0.486 e. The van der Waals surface area contributed by atoms with Crippen LogP contribution in [0.15, 0.2) is 29.4 Å². The fraction of sp³-hybridized carbons (Fsp3) is 0.364. The van der Waals surface area contributed by atoms with E-state index in [1.54, 1.807) is 24.3 Å². The third-order valence-electron chi connectivity index (χ3n) is 5.19. The fourth-order valence-electron chi connectivity index (χ4n) is 3.63. The predicted octanol–water partition coefficient (Wildman–Crippen LogP) is 4.60. The van der Waals surface area contributed by atoms with Gasteiger partial charge in [-0.05, 0) is 56.0 Å². The second-order valence-corrected chi connectivity index (χ2v) is 9.76. The summed E-state index contributed by atoms with van der Waals surface area (Å²) >= 11 is 8.65. The maximum atomic E-state index is 12.7. The molecule has 0 atom stereocenters. The van der Waals surface area contributed by atoms with Crippen LogP contribution in [0.5, 0.6) is 5.75 Å². The van der Waals surface area contributed by atoms with Crippen LogP contribution in [0.2, 0.25) is 5.02 Å². The number of anilines is 1. The lowest BCUT2D eigenvalue weighted by Crippen LogP contribution is -2.17. The summed E-state index contributed by atoms with van der Waals surface area (Å²) in [4.78, 5) is 26.1. The van der Waals surface area contributed by atoms with Gasteiger partial charge in [0.1, 0.15) is 17.4 Å². The molecule has 2 aromatic heterocycles. The van der Waals surface area contributed by atoms with E-state index in [0.29, 0.717) is 38.9 Å². The zero-order valence-corrected chi connectivity index (χ0v) is 20.6. The highest BCUT2D eigenvalue weighted by atomic mass is 35.5. The van der Waals surface area contributed by atoms with E-state index in [1.807, 2.05) is 11.5 Å². The highest BCUT2D eigenvalue weighted by Crippen LogP contribution is 2.39. The van der Waals surface area contributed by atoms with E-state index in [9.17, 15) is 9.59 Å². The Balaban J connectivity index is 1.38. The van der Waals surface area contributed by atoms with Gasteiger partial charge in [-0.15, -0.1) is 21.5 Å². The highest BCUT2D eigenvalue weighted by Gasteiger charge is 2.28. The highest BCUT2D eigenvalue weighted by molar-refractivity contribution is 7.99. The van der Waals surface area contributed by atoms with Crippen LogP contribution in [-0.4, -0.2) is 39.5 Å². The van der Waals surface area contributed by atoms with Crippen LogP contribution in [0.3, 0.4) is 0 Å². The molecule has 0 aliphatic heterocycles. The van der Waals surface area contributed by atoms with Gasteiger partial charge in [0.25, 0.3) is 0 Å². The molecule has 1 aromatic carbocycles. The summed E-state index contributed by atoms with van der Waals surface area (Å²) in [6.45, 7) is 2.87. The summed E-state index contributed by atoms with van der Waals surface area (Å²) in [5.41, 5.74) is 1.50. The standard InChI is InChI=1S/C22H23ClN4O4S2/c1-3-27-17(11-31-14-9-7-13(23)8-10-14)25-26-22(27)32-12-18(28)24-20-19(21(29)30-2)15-5-4-6-16(15)33-20/h7-10H,3-6,11-12H2,1-2H3,(H,24,28). The number of nitrogens with one attached hydrogen (secondary N) is 1. The molecule has 0 unspecified atom stereocenters. The molecular formula is C22H23ClN4O4S2. The van der Waals surface area contributed by atoms with E-state index in [1.165, 1.54) is 30.2 Å². The van der Waals surface area contributed by atoms with E-state index >= 15 is 0 Å². The summed E-state index contributed by atoms with van der Waals surface area (Å²) < 4.78 is 12.6.